The lowest BCUT2D eigenvalue weighted by Gasteiger charge is -2.16. The molecule has 0 amide bonds. The van der Waals surface area contributed by atoms with E-state index < -0.39 is 24.6 Å². The number of aromatic nitrogens is 1. The van der Waals surface area contributed by atoms with Crippen LogP contribution in [0.15, 0.2) is 6.20 Å². The van der Waals surface area contributed by atoms with Gasteiger partial charge in [-0.15, -0.1) is 13.2 Å². The Morgan fingerprint density at radius 1 is 1.50 bits per heavy atom. The van der Waals surface area contributed by atoms with Crippen LogP contribution in [0.25, 0.3) is 0 Å². The van der Waals surface area contributed by atoms with Crippen molar-refractivity contribution in [3.63, 3.8) is 0 Å². The first-order chi connectivity index (χ1) is 8.30. The molecule has 0 bridgehead atoms. The number of anilines is 1. The summed E-state index contributed by atoms with van der Waals surface area (Å²) in [5, 5.41) is 0. The molecule has 100 valence electrons. The summed E-state index contributed by atoms with van der Waals surface area (Å²) >= 11 is 0. The minimum Gasteiger partial charge on any atom is -0.464 e. The van der Waals surface area contributed by atoms with Crippen molar-refractivity contribution < 1.29 is 27.4 Å². The zero-order chi connectivity index (χ0) is 13.9. The average Bonchev–Trinajstić information content (AvgIpc) is 2.29. The second-order valence-electron chi connectivity index (χ2n) is 3.11. The molecule has 1 heterocycles. The molecule has 0 aliphatic carbocycles. The highest BCUT2D eigenvalue weighted by Crippen LogP contribution is 2.33. The Kier molecular flexibility index (Phi) is 3.96. The van der Waals surface area contributed by atoms with Crippen molar-refractivity contribution in [1.82, 2.24) is 4.98 Å². The molecule has 0 aliphatic rings. The van der Waals surface area contributed by atoms with Crippen molar-refractivity contribution in [2.45, 2.75) is 12.9 Å². The molecule has 0 spiro atoms. The molecule has 0 radical (unpaired) electrons. The number of pyridine rings is 1. The largest absolute Gasteiger partial charge is 0.573 e. The van der Waals surface area contributed by atoms with E-state index in [1.807, 2.05) is 0 Å². The number of nitrogen functional groups attached to an aromatic ring is 1. The molecule has 6 nitrogen and oxygen atoms in total. The van der Waals surface area contributed by atoms with E-state index in [0.717, 1.165) is 13.3 Å². The number of carbonyl (C=O) groups is 1. The number of methoxy groups -OCH3 is 1. The fourth-order valence-corrected chi connectivity index (χ4v) is 1.25. The Morgan fingerprint density at radius 3 is 2.56 bits per heavy atom. The number of rotatable bonds is 3. The molecule has 0 aromatic carbocycles. The van der Waals surface area contributed by atoms with Crippen LogP contribution < -0.4 is 16.2 Å². The molecule has 18 heavy (non-hydrogen) atoms. The van der Waals surface area contributed by atoms with Gasteiger partial charge in [-0.05, 0) is 0 Å². The first kappa shape index (κ1) is 14.0. The molecule has 9 heteroatoms. The van der Waals surface area contributed by atoms with Gasteiger partial charge in [-0.1, -0.05) is 0 Å². The molecule has 1 rings (SSSR count). The highest BCUT2D eigenvalue weighted by atomic mass is 19.4. The lowest BCUT2D eigenvalue weighted by molar-refractivity contribution is -0.274. The molecule has 0 fully saturated rings. The summed E-state index contributed by atoms with van der Waals surface area (Å²) in [6.45, 7) is -0.409. The van der Waals surface area contributed by atoms with E-state index in [0.29, 0.717) is 0 Å². The molecular weight excluding hydrogens is 255 g/mol. The van der Waals surface area contributed by atoms with E-state index in [4.69, 9.17) is 11.5 Å². The van der Waals surface area contributed by atoms with E-state index in [1.54, 1.807) is 0 Å². The molecule has 0 aliphatic heterocycles. The van der Waals surface area contributed by atoms with Gasteiger partial charge in [0.25, 0.3) is 0 Å². The summed E-state index contributed by atoms with van der Waals surface area (Å²) in [6.07, 6.45) is -4.08. The molecule has 1 aromatic heterocycles. The van der Waals surface area contributed by atoms with E-state index >= 15 is 0 Å². The third-order valence-corrected chi connectivity index (χ3v) is 1.96. The van der Waals surface area contributed by atoms with Gasteiger partial charge >= 0.3 is 12.3 Å². The number of ether oxygens (including phenoxy) is 2. The Hall–Kier alpha value is -2.03. The smallest absolute Gasteiger partial charge is 0.464 e. The van der Waals surface area contributed by atoms with Crippen LogP contribution in [0.3, 0.4) is 0 Å². The van der Waals surface area contributed by atoms with E-state index in [-0.39, 0.29) is 16.9 Å². The van der Waals surface area contributed by atoms with Crippen LogP contribution in [0.5, 0.6) is 5.75 Å². The van der Waals surface area contributed by atoms with Crippen LogP contribution in [0.4, 0.5) is 18.9 Å². The van der Waals surface area contributed by atoms with E-state index in [9.17, 15) is 18.0 Å². The van der Waals surface area contributed by atoms with Crippen molar-refractivity contribution in [3.8, 4) is 5.75 Å². The monoisotopic (exact) mass is 265 g/mol. The van der Waals surface area contributed by atoms with Crippen LogP contribution in [-0.2, 0) is 11.3 Å². The summed E-state index contributed by atoms with van der Waals surface area (Å²) < 4.78 is 44.7. The molecule has 4 N–H and O–H groups in total. The van der Waals surface area contributed by atoms with Gasteiger partial charge in [0.15, 0.2) is 11.4 Å². The fourth-order valence-electron chi connectivity index (χ4n) is 1.25. The van der Waals surface area contributed by atoms with Crippen LogP contribution >= 0.6 is 0 Å². The van der Waals surface area contributed by atoms with Gasteiger partial charge in [-0.25, -0.2) is 9.78 Å². The SMILES string of the molecule is COC(=O)c1ncc(N)c(OC(F)(F)F)c1CN. The lowest BCUT2D eigenvalue weighted by Crippen LogP contribution is -2.22. The second kappa shape index (κ2) is 5.08. The van der Waals surface area contributed by atoms with Crippen LogP contribution in [0, 0.1) is 0 Å². The van der Waals surface area contributed by atoms with Gasteiger partial charge in [-0.3, -0.25) is 0 Å². The minimum atomic E-state index is -4.95. The van der Waals surface area contributed by atoms with Gasteiger partial charge < -0.3 is 20.9 Å². The topological polar surface area (TPSA) is 100 Å². The van der Waals surface area contributed by atoms with Gasteiger partial charge in [0.05, 0.1) is 19.0 Å². The highest BCUT2D eigenvalue weighted by Gasteiger charge is 2.34. The zero-order valence-electron chi connectivity index (χ0n) is 9.25. The van der Waals surface area contributed by atoms with Crippen molar-refractivity contribution in [1.29, 1.82) is 0 Å². The minimum absolute atomic E-state index is 0.265. The van der Waals surface area contributed by atoms with Gasteiger partial charge in [0.2, 0.25) is 0 Å². The van der Waals surface area contributed by atoms with E-state index in [2.05, 4.69) is 14.5 Å². The van der Waals surface area contributed by atoms with Crippen molar-refractivity contribution in [3.05, 3.63) is 17.5 Å². The molecular formula is C9H10F3N3O3. The normalized spacial score (nSPS) is 11.2. The maximum Gasteiger partial charge on any atom is 0.573 e. The summed E-state index contributed by atoms with van der Waals surface area (Å²) in [5.74, 6) is -1.66. The first-order valence-corrected chi connectivity index (χ1v) is 4.61. The molecule has 1 aromatic rings. The molecule has 0 saturated carbocycles. The molecule has 0 unspecified atom stereocenters. The van der Waals surface area contributed by atoms with Crippen molar-refractivity contribution in [2.24, 2.45) is 5.73 Å². The quantitative estimate of drug-likeness (QED) is 0.784. The summed E-state index contributed by atoms with van der Waals surface area (Å²) in [7, 11) is 1.06. The van der Waals surface area contributed by atoms with Crippen molar-refractivity contribution >= 4 is 11.7 Å². The predicted octanol–water partition coefficient (Wildman–Crippen LogP) is 0.808. The maximum atomic E-state index is 12.2. The number of nitrogens with zero attached hydrogens (tertiary/aromatic N) is 1. The first-order valence-electron chi connectivity index (χ1n) is 4.61. The maximum absolute atomic E-state index is 12.2. The molecule has 0 atom stereocenters. The summed E-state index contributed by atoms with van der Waals surface area (Å²) in [5.41, 5.74) is 9.59. The number of nitrogens with two attached hydrogens (primary N) is 2. The van der Waals surface area contributed by atoms with Gasteiger partial charge in [0, 0.05) is 12.1 Å². The Bertz CT molecular complexity index is 462. The van der Waals surface area contributed by atoms with Gasteiger partial charge in [-0.2, -0.15) is 0 Å². The fraction of sp³-hybridized carbons (Fsp3) is 0.333. The second-order valence-corrected chi connectivity index (χ2v) is 3.11. The Morgan fingerprint density at radius 2 is 2.11 bits per heavy atom. The third-order valence-electron chi connectivity index (χ3n) is 1.96. The van der Waals surface area contributed by atoms with Gasteiger partial charge in [0.1, 0.15) is 0 Å². The third kappa shape index (κ3) is 3.00. The number of carbonyl (C=O) groups excluding carboxylic acids is 1. The average molecular weight is 265 g/mol. The molecule has 0 saturated heterocycles. The van der Waals surface area contributed by atoms with Crippen molar-refractivity contribution in [2.75, 3.05) is 12.8 Å². The standard InChI is InChI=1S/C9H10F3N3O3/c1-17-8(16)6-4(2-13)7(5(14)3-15-6)18-9(10,11)12/h3H,2,13-14H2,1H3. The zero-order valence-corrected chi connectivity index (χ0v) is 9.25. The summed E-state index contributed by atoms with van der Waals surface area (Å²) in [6, 6.07) is 0. The number of hydrogen-bond acceptors (Lipinski definition) is 6. The Labute approximate surface area is 99.7 Å². The Balaban J connectivity index is 3.35. The highest BCUT2D eigenvalue weighted by molar-refractivity contribution is 5.90. The number of halogens is 3. The van der Waals surface area contributed by atoms with Crippen LogP contribution in [0.1, 0.15) is 16.1 Å². The summed E-state index contributed by atoms with van der Waals surface area (Å²) in [4.78, 5) is 14.9. The van der Waals surface area contributed by atoms with Crippen LogP contribution in [-0.4, -0.2) is 24.4 Å². The van der Waals surface area contributed by atoms with Crippen LogP contribution in [0.2, 0.25) is 0 Å². The number of alkyl halides is 3. The lowest BCUT2D eigenvalue weighted by atomic mass is 10.1. The number of hydrogen-bond donors (Lipinski definition) is 2. The number of esters is 1. The van der Waals surface area contributed by atoms with E-state index in [1.165, 1.54) is 0 Å². The predicted molar refractivity (Wildman–Crippen MR) is 54.6 cm³/mol.